The van der Waals surface area contributed by atoms with Crippen molar-refractivity contribution >= 4 is 35.1 Å². The molecule has 0 bridgehead atoms. The number of halogens is 3. The van der Waals surface area contributed by atoms with E-state index in [4.69, 9.17) is 23.1 Å². The van der Waals surface area contributed by atoms with Crippen molar-refractivity contribution in [2.45, 2.75) is 54.1 Å². The van der Waals surface area contributed by atoms with Gasteiger partial charge in [-0.2, -0.15) is 4.98 Å². The maximum atomic E-state index is 14.6. The molecule has 10 heteroatoms. The normalized spacial score (nSPS) is 25.4. The van der Waals surface area contributed by atoms with E-state index in [1.807, 2.05) is 4.90 Å². The Morgan fingerprint density at radius 3 is 2.58 bits per heavy atom. The molecular weight excluding hydrogens is 444 g/mol. The zero-order valence-electron chi connectivity index (χ0n) is 17.5. The van der Waals surface area contributed by atoms with Crippen LogP contribution in [0.3, 0.4) is 0 Å². The highest BCUT2D eigenvalue weighted by molar-refractivity contribution is 7.99. The molecule has 168 valence electrons. The van der Waals surface area contributed by atoms with Crippen molar-refractivity contribution in [3.05, 3.63) is 39.4 Å². The Bertz CT molecular complexity index is 1070. The van der Waals surface area contributed by atoms with Crippen LogP contribution in [0, 0.1) is 11.2 Å². The number of rotatable bonds is 3. The van der Waals surface area contributed by atoms with Crippen LogP contribution in [-0.2, 0) is 7.05 Å². The summed E-state index contributed by atoms with van der Waals surface area (Å²) in [7, 11) is 1.64. The molecule has 1 aromatic carbocycles. The number of piperidine rings is 1. The molecule has 1 spiro atoms. The fourth-order valence-electron chi connectivity index (χ4n) is 4.94. The lowest BCUT2D eigenvalue weighted by atomic mass is 9.74. The summed E-state index contributed by atoms with van der Waals surface area (Å²) in [5, 5.41) is 0.199. The molecule has 1 saturated carbocycles. The maximum Gasteiger partial charge on any atom is 0.270 e. The van der Waals surface area contributed by atoms with E-state index in [0.717, 1.165) is 24.6 Å². The van der Waals surface area contributed by atoms with Gasteiger partial charge in [-0.05, 0) is 56.2 Å². The molecule has 1 unspecified atom stereocenters. The lowest BCUT2D eigenvalue weighted by Gasteiger charge is -2.42. The second kappa shape index (κ2) is 7.94. The highest BCUT2D eigenvalue weighted by atomic mass is 35.5. The van der Waals surface area contributed by atoms with Gasteiger partial charge in [-0.25, -0.2) is 8.78 Å². The predicted octanol–water partition coefficient (Wildman–Crippen LogP) is 3.74. The number of nitrogen functional groups attached to an aromatic ring is 1. The molecule has 6 nitrogen and oxygen atoms in total. The number of aromatic nitrogens is 2. The number of anilines is 2. The van der Waals surface area contributed by atoms with Gasteiger partial charge in [0.05, 0.1) is 5.02 Å². The molecular formula is C21H26ClF2N5OS. The number of benzene rings is 1. The SMILES string of the molecule is Cn1c(N2CCC3(CC2)CC(C)(F)C[C@H]3N)nc(N)c(Sc2ccc(F)cc2Cl)c1=O. The molecule has 0 radical (unpaired) electrons. The first-order valence-electron chi connectivity index (χ1n) is 10.2. The van der Waals surface area contributed by atoms with E-state index in [-0.39, 0.29) is 32.8 Å². The largest absolute Gasteiger partial charge is 0.382 e. The van der Waals surface area contributed by atoms with Gasteiger partial charge in [-0.1, -0.05) is 23.4 Å². The number of alkyl halides is 1. The highest BCUT2D eigenvalue weighted by Gasteiger charge is 2.52. The summed E-state index contributed by atoms with van der Waals surface area (Å²) < 4.78 is 29.3. The first-order chi connectivity index (χ1) is 14.5. The van der Waals surface area contributed by atoms with Gasteiger partial charge in [0.1, 0.15) is 22.2 Å². The van der Waals surface area contributed by atoms with Crippen molar-refractivity contribution < 1.29 is 8.78 Å². The molecule has 1 aliphatic carbocycles. The molecule has 2 aromatic rings. The van der Waals surface area contributed by atoms with E-state index in [1.165, 1.54) is 22.8 Å². The Morgan fingerprint density at radius 1 is 1.32 bits per heavy atom. The van der Waals surface area contributed by atoms with Crippen molar-refractivity contribution in [2.75, 3.05) is 23.7 Å². The van der Waals surface area contributed by atoms with Gasteiger partial charge in [0, 0.05) is 31.1 Å². The van der Waals surface area contributed by atoms with Crippen LogP contribution >= 0.6 is 23.4 Å². The van der Waals surface area contributed by atoms with Crippen molar-refractivity contribution in [3.63, 3.8) is 0 Å². The summed E-state index contributed by atoms with van der Waals surface area (Å²) in [4.78, 5) is 20.3. The fraction of sp³-hybridized carbons (Fsp3) is 0.524. The molecule has 2 aliphatic rings. The highest BCUT2D eigenvalue weighted by Crippen LogP contribution is 2.51. The van der Waals surface area contributed by atoms with Crippen LogP contribution in [0.2, 0.25) is 5.02 Å². The molecule has 4 rings (SSSR count). The van der Waals surface area contributed by atoms with Gasteiger partial charge >= 0.3 is 0 Å². The van der Waals surface area contributed by atoms with E-state index < -0.39 is 11.5 Å². The molecule has 2 atom stereocenters. The van der Waals surface area contributed by atoms with Crippen molar-refractivity contribution in [1.29, 1.82) is 0 Å². The zero-order valence-corrected chi connectivity index (χ0v) is 19.1. The first kappa shape index (κ1) is 22.4. The molecule has 2 heterocycles. The van der Waals surface area contributed by atoms with Crippen molar-refractivity contribution in [3.8, 4) is 0 Å². The predicted molar refractivity (Wildman–Crippen MR) is 120 cm³/mol. The first-order valence-corrected chi connectivity index (χ1v) is 11.4. The summed E-state index contributed by atoms with van der Waals surface area (Å²) in [5.74, 6) is 0.112. The monoisotopic (exact) mass is 469 g/mol. The lowest BCUT2D eigenvalue weighted by Crippen LogP contribution is -2.48. The van der Waals surface area contributed by atoms with Crippen LogP contribution in [0.25, 0.3) is 0 Å². The van der Waals surface area contributed by atoms with E-state index in [0.29, 0.717) is 36.8 Å². The van der Waals surface area contributed by atoms with Crippen molar-refractivity contribution in [1.82, 2.24) is 9.55 Å². The van der Waals surface area contributed by atoms with Crippen LogP contribution in [0.15, 0.2) is 32.8 Å². The van der Waals surface area contributed by atoms with E-state index in [2.05, 4.69) is 4.98 Å². The van der Waals surface area contributed by atoms with Crippen LogP contribution in [0.1, 0.15) is 32.6 Å². The van der Waals surface area contributed by atoms with E-state index in [1.54, 1.807) is 14.0 Å². The Kier molecular flexibility index (Phi) is 5.72. The number of nitrogens with zero attached hydrogens (tertiary/aromatic N) is 3. The second-order valence-electron chi connectivity index (χ2n) is 8.92. The van der Waals surface area contributed by atoms with E-state index >= 15 is 0 Å². The van der Waals surface area contributed by atoms with Gasteiger partial charge in [-0.3, -0.25) is 9.36 Å². The molecule has 4 N–H and O–H groups in total. The van der Waals surface area contributed by atoms with Crippen molar-refractivity contribution in [2.24, 2.45) is 18.2 Å². The Hall–Kier alpha value is -1.84. The van der Waals surface area contributed by atoms with Crippen LogP contribution in [0.5, 0.6) is 0 Å². The average Bonchev–Trinajstić information content (AvgIpc) is 2.92. The minimum absolute atomic E-state index is 0.0951. The van der Waals surface area contributed by atoms with E-state index in [9.17, 15) is 13.6 Å². The molecule has 2 fully saturated rings. The molecule has 1 saturated heterocycles. The third-order valence-corrected chi connectivity index (χ3v) is 8.14. The Morgan fingerprint density at radius 2 is 2.00 bits per heavy atom. The standard InChI is InChI=1S/C21H26ClF2N5OS/c1-20(24)10-15(25)21(11-20)5-7-29(8-6-21)19-27-17(26)16(18(30)28(19)2)31-14-4-3-12(23)9-13(14)22/h3-4,9,15H,5-8,10-11,25-26H2,1-2H3/t15-,20?/m1/s1. The maximum absolute atomic E-state index is 14.6. The van der Waals surface area contributed by atoms with Crippen LogP contribution in [0.4, 0.5) is 20.5 Å². The summed E-state index contributed by atoms with van der Waals surface area (Å²) in [6.07, 6.45) is 2.34. The topological polar surface area (TPSA) is 90.2 Å². The summed E-state index contributed by atoms with van der Waals surface area (Å²) >= 11 is 7.16. The summed E-state index contributed by atoms with van der Waals surface area (Å²) in [6, 6.07) is 3.80. The number of hydrogen-bond acceptors (Lipinski definition) is 6. The third-order valence-electron chi connectivity index (χ3n) is 6.55. The summed E-state index contributed by atoms with van der Waals surface area (Å²) in [6.45, 7) is 2.88. The smallest absolute Gasteiger partial charge is 0.270 e. The average molecular weight is 470 g/mol. The molecule has 0 amide bonds. The minimum atomic E-state index is -1.22. The molecule has 31 heavy (non-hydrogen) atoms. The van der Waals surface area contributed by atoms with Crippen LogP contribution in [-0.4, -0.2) is 34.4 Å². The number of nitrogens with two attached hydrogens (primary N) is 2. The quantitative estimate of drug-likeness (QED) is 0.711. The third kappa shape index (κ3) is 4.15. The molecule has 1 aliphatic heterocycles. The Balaban J connectivity index is 1.57. The second-order valence-corrected chi connectivity index (χ2v) is 10.4. The van der Waals surface area contributed by atoms with Gasteiger partial charge in [0.25, 0.3) is 5.56 Å². The summed E-state index contributed by atoms with van der Waals surface area (Å²) in [5.41, 5.74) is 10.7. The van der Waals surface area contributed by atoms with Gasteiger partial charge in [-0.15, -0.1) is 0 Å². The van der Waals surface area contributed by atoms with Gasteiger partial charge in [0.2, 0.25) is 5.95 Å². The number of hydrogen-bond donors (Lipinski definition) is 2. The van der Waals surface area contributed by atoms with Gasteiger partial charge < -0.3 is 16.4 Å². The zero-order chi connectivity index (χ0) is 22.6. The molecule has 1 aromatic heterocycles. The van der Waals surface area contributed by atoms with Gasteiger partial charge in [0.15, 0.2) is 0 Å². The fourth-order valence-corrected chi connectivity index (χ4v) is 6.11. The Labute approximate surface area is 188 Å². The van der Waals surface area contributed by atoms with Crippen LogP contribution < -0.4 is 21.9 Å². The lowest BCUT2D eigenvalue weighted by molar-refractivity contribution is 0.142. The minimum Gasteiger partial charge on any atom is -0.382 e.